The van der Waals surface area contributed by atoms with Crippen molar-refractivity contribution >= 4 is 17.5 Å². The summed E-state index contributed by atoms with van der Waals surface area (Å²) in [7, 11) is 0. The van der Waals surface area contributed by atoms with Crippen molar-refractivity contribution < 1.29 is 22.8 Å². The van der Waals surface area contributed by atoms with Crippen LogP contribution in [0.3, 0.4) is 0 Å². The van der Waals surface area contributed by atoms with E-state index >= 15 is 0 Å². The fourth-order valence-electron chi connectivity index (χ4n) is 6.08. The Labute approximate surface area is 223 Å². The smallest absolute Gasteiger partial charge is 0.383 e. The predicted octanol–water partition coefficient (Wildman–Crippen LogP) is 4.52. The van der Waals surface area contributed by atoms with Gasteiger partial charge < -0.3 is 11.5 Å². The first-order valence-electron chi connectivity index (χ1n) is 12.7. The Hall–Kier alpha value is -4.07. The average molecular weight is 539 g/mol. The number of nitrogen functional groups attached to an aromatic ring is 1. The van der Waals surface area contributed by atoms with E-state index in [0.717, 1.165) is 44.2 Å². The number of aryl methyl sites for hydroxylation is 1. The van der Waals surface area contributed by atoms with E-state index in [1.165, 1.54) is 16.9 Å². The van der Waals surface area contributed by atoms with Gasteiger partial charge in [-0.05, 0) is 80.5 Å². The first-order chi connectivity index (χ1) is 18.4. The van der Waals surface area contributed by atoms with Crippen molar-refractivity contribution in [1.29, 1.82) is 0 Å². The Morgan fingerprint density at radius 2 is 1.97 bits per heavy atom. The van der Waals surface area contributed by atoms with E-state index < -0.39 is 17.6 Å². The quantitative estimate of drug-likeness (QED) is 0.353. The van der Waals surface area contributed by atoms with E-state index in [-0.39, 0.29) is 46.8 Å². The molecule has 5 rings (SSSR count). The zero-order chi connectivity index (χ0) is 28.1. The summed E-state index contributed by atoms with van der Waals surface area (Å²) in [5, 5.41) is 8.93. The Balaban J connectivity index is 1.37. The number of nitrogens with two attached hydrogens (primary N) is 2. The molecule has 1 aromatic carbocycles. The number of carbonyl (C=O) groups is 2. The molecule has 0 radical (unpaired) electrons. The minimum Gasteiger partial charge on any atom is -0.383 e. The summed E-state index contributed by atoms with van der Waals surface area (Å²) in [5.74, 6) is 4.73. The van der Waals surface area contributed by atoms with Crippen LogP contribution in [-0.4, -0.2) is 31.3 Å². The van der Waals surface area contributed by atoms with E-state index in [2.05, 4.69) is 22.0 Å². The topological polar surface area (TPSA) is 122 Å². The third kappa shape index (κ3) is 4.91. The lowest BCUT2D eigenvalue weighted by Gasteiger charge is -2.45. The fourth-order valence-corrected chi connectivity index (χ4v) is 6.08. The molecule has 2 fully saturated rings. The van der Waals surface area contributed by atoms with E-state index in [1.54, 1.807) is 24.7 Å². The summed E-state index contributed by atoms with van der Waals surface area (Å²) < 4.78 is 42.7. The van der Waals surface area contributed by atoms with Crippen molar-refractivity contribution in [1.82, 2.24) is 19.6 Å². The van der Waals surface area contributed by atoms with Crippen molar-refractivity contribution in [2.45, 2.75) is 64.7 Å². The van der Waals surface area contributed by atoms with E-state index in [0.29, 0.717) is 16.7 Å². The number of amides is 1. The minimum atomic E-state index is -4.45. The van der Waals surface area contributed by atoms with Gasteiger partial charge in [0.2, 0.25) is 5.78 Å². The SMILES string of the molecule is CC#CC(=O)C1CC[C@]2(C1)C[C@H](n1nc(-c3cnn(Cc4cc(C(F)(F)F)ccc4C)c3)c(C(N)=O)c1N)C2. The third-order valence-electron chi connectivity index (χ3n) is 8.11. The van der Waals surface area contributed by atoms with Crippen molar-refractivity contribution in [2.75, 3.05) is 5.73 Å². The molecule has 0 saturated heterocycles. The standard InChI is InChI=1S/C28H29F3N6O2/c1-3-4-22(38)17-7-8-27(10-17)11-21(12-27)37-25(32)23(26(33)39)24(35-37)19-13-34-36(15-19)14-18-9-20(28(29,30)31)6-5-16(18)2/h5-6,9,13,15,17,21H,7-8,10-12,14,32H2,1-2H3,(H2,33,39)/t17?,21-,27-. The van der Waals surface area contributed by atoms with Gasteiger partial charge in [0.05, 0.1) is 24.3 Å². The summed E-state index contributed by atoms with van der Waals surface area (Å²) in [5.41, 5.74) is 13.4. The molecule has 1 amide bonds. The Bertz CT molecular complexity index is 1520. The average Bonchev–Trinajstić information content (AvgIpc) is 3.56. The third-order valence-corrected chi connectivity index (χ3v) is 8.11. The van der Waals surface area contributed by atoms with Crippen LogP contribution in [0, 0.1) is 30.1 Å². The van der Waals surface area contributed by atoms with Crippen molar-refractivity contribution in [2.24, 2.45) is 17.1 Å². The van der Waals surface area contributed by atoms with E-state index in [1.807, 2.05) is 0 Å². The predicted molar refractivity (Wildman–Crippen MR) is 138 cm³/mol. The zero-order valence-corrected chi connectivity index (χ0v) is 21.7. The lowest BCUT2D eigenvalue weighted by molar-refractivity contribution is -0.137. The largest absolute Gasteiger partial charge is 0.416 e. The molecular weight excluding hydrogens is 509 g/mol. The number of halogens is 3. The highest BCUT2D eigenvalue weighted by atomic mass is 19.4. The van der Waals surface area contributed by atoms with Crippen LogP contribution in [0.2, 0.25) is 0 Å². The molecular formula is C28H29F3N6O2. The van der Waals surface area contributed by atoms with Gasteiger partial charge in [-0.3, -0.25) is 14.3 Å². The van der Waals surface area contributed by atoms with Crippen molar-refractivity contribution in [3.05, 3.63) is 52.8 Å². The normalized spacial score (nSPS) is 22.4. The second kappa shape index (κ2) is 9.59. The number of primary amides is 1. The Morgan fingerprint density at radius 3 is 2.64 bits per heavy atom. The van der Waals surface area contributed by atoms with Crippen LogP contribution in [-0.2, 0) is 17.5 Å². The maximum absolute atomic E-state index is 13.2. The minimum absolute atomic E-state index is 0.00734. The number of carbonyl (C=O) groups excluding carboxylic acids is 2. The molecule has 4 N–H and O–H groups in total. The number of alkyl halides is 3. The van der Waals surface area contributed by atoms with Crippen LogP contribution in [0.1, 0.15) is 72.1 Å². The summed E-state index contributed by atoms with van der Waals surface area (Å²) in [6.45, 7) is 3.50. The van der Waals surface area contributed by atoms with E-state index in [9.17, 15) is 22.8 Å². The van der Waals surface area contributed by atoms with Gasteiger partial charge in [-0.2, -0.15) is 23.4 Å². The molecule has 1 unspecified atom stereocenters. The fraction of sp³-hybridized carbons (Fsp3) is 0.429. The highest BCUT2D eigenvalue weighted by Crippen LogP contribution is 2.60. The Morgan fingerprint density at radius 1 is 1.23 bits per heavy atom. The van der Waals surface area contributed by atoms with Crippen LogP contribution >= 0.6 is 0 Å². The zero-order valence-electron chi connectivity index (χ0n) is 21.7. The van der Waals surface area contributed by atoms with Crippen LogP contribution in [0.15, 0.2) is 30.6 Å². The monoisotopic (exact) mass is 538 g/mol. The molecule has 2 saturated carbocycles. The van der Waals surface area contributed by atoms with Crippen LogP contribution in [0.4, 0.5) is 19.0 Å². The van der Waals surface area contributed by atoms with Gasteiger partial charge in [0.15, 0.2) is 0 Å². The van der Waals surface area contributed by atoms with Crippen LogP contribution in [0.5, 0.6) is 0 Å². The number of anilines is 1. The van der Waals surface area contributed by atoms with Crippen molar-refractivity contribution in [3.63, 3.8) is 0 Å². The molecule has 11 heteroatoms. The van der Waals surface area contributed by atoms with Gasteiger partial charge in [0.25, 0.3) is 5.91 Å². The van der Waals surface area contributed by atoms with Crippen LogP contribution in [0.25, 0.3) is 11.3 Å². The highest BCUT2D eigenvalue weighted by Gasteiger charge is 2.51. The van der Waals surface area contributed by atoms with Gasteiger partial charge in [-0.1, -0.05) is 12.0 Å². The van der Waals surface area contributed by atoms with Gasteiger partial charge >= 0.3 is 6.18 Å². The Kier molecular flexibility index (Phi) is 6.53. The van der Waals surface area contributed by atoms with Crippen molar-refractivity contribution in [3.8, 4) is 23.1 Å². The van der Waals surface area contributed by atoms with Gasteiger partial charge in [0.1, 0.15) is 17.1 Å². The molecule has 8 nitrogen and oxygen atoms in total. The molecule has 39 heavy (non-hydrogen) atoms. The number of Topliss-reactive ketones (excluding diaryl/α,β-unsaturated/α-hetero) is 1. The summed E-state index contributed by atoms with van der Waals surface area (Å²) >= 11 is 0. The molecule has 3 aromatic rings. The summed E-state index contributed by atoms with van der Waals surface area (Å²) in [6.07, 6.45) is 2.77. The number of aromatic nitrogens is 4. The lowest BCUT2D eigenvalue weighted by Crippen LogP contribution is -2.38. The molecule has 1 atom stereocenters. The molecule has 2 aliphatic rings. The van der Waals surface area contributed by atoms with Gasteiger partial charge in [-0.25, -0.2) is 4.68 Å². The number of rotatable bonds is 6. The second-order valence-corrected chi connectivity index (χ2v) is 10.7. The summed E-state index contributed by atoms with van der Waals surface area (Å²) in [4.78, 5) is 24.6. The first-order valence-corrected chi connectivity index (χ1v) is 12.7. The molecule has 2 aromatic heterocycles. The van der Waals surface area contributed by atoms with Gasteiger partial charge in [0, 0.05) is 17.7 Å². The molecule has 1 spiro atoms. The number of ketones is 1. The number of hydrogen-bond acceptors (Lipinski definition) is 5. The molecule has 2 heterocycles. The number of nitrogens with zero attached hydrogens (tertiary/aromatic N) is 4. The summed E-state index contributed by atoms with van der Waals surface area (Å²) in [6, 6.07) is 3.56. The maximum Gasteiger partial charge on any atom is 0.416 e. The molecule has 204 valence electrons. The highest BCUT2D eigenvalue weighted by molar-refractivity contribution is 6.03. The molecule has 2 aliphatic carbocycles. The lowest BCUT2D eigenvalue weighted by atomic mass is 9.64. The van der Waals surface area contributed by atoms with Gasteiger partial charge in [-0.15, -0.1) is 0 Å². The molecule has 0 bridgehead atoms. The molecule has 0 aliphatic heterocycles. The van der Waals surface area contributed by atoms with E-state index in [4.69, 9.17) is 11.5 Å². The van der Waals surface area contributed by atoms with Crippen LogP contribution < -0.4 is 11.5 Å². The maximum atomic E-state index is 13.2. The number of hydrogen-bond donors (Lipinski definition) is 2. The number of benzene rings is 1. The first kappa shape index (κ1) is 26.5. The second-order valence-electron chi connectivity index (χ2n) is 10.7.